The summed E-state index contributed by atoms with van der Waals surface area (Å²) in [6.07, 6.45) is 4.93. The molecule has 6 heteroatoms. The molecule has 0 aliphatic rings. The summed E-state index contributed by atoms with van der Waals surface area (Å²) < 4.78 is 6.58. The molecule has 0 fully saturated rings. The third-order valence-corrected chi connectivity index (χ3v) is 1.96. The van der Waals surface area contributed by atoms with Crippen LogP contribution in [0.2, 0.25) is 0 Å². The number of pyridine rings is 1. The summed E-state index contributed by atoms with van der Waals surface area (Å²) in [5.74, 6) is -0.727. The minimum Gasteiger partial charge on any atom is -0.496 e. The van der Waals surface area contributed by atoms with Gasteiger partial charge in [0.05, 0.1) is 7.11 Å². The van der Waals surface area contributed by atoms with E-state index >= 15 is 0 Å². The number of methoxy groups -OCH3 is 1. The van der Waals surface area contributed by atoms with E-state index in [9.17, 15) is 4.79 Å². The fourth-order valence-corrected chi connectivity index (χ4v) is 1.34. The molecule has 0 saturated carbocycles. The lowest BCUT2D eigenvalue weighted by molar-refractivity contribution is 0.0695. The van der Waals surface area contributed by atoms with Crippen molar-refractivity contribution in [2.75, 3.05) is 7.11 Å². The minimum atomic E-state index is -1.04. The number of halogens is 1. The van der Waals surface area contributed by atoms with E-state index in [0.29, 0.717) is 11.4 Å². The van der Waals surface area contributed by atoms with Crippen molar-refractivity contribution in [1.29, 1.82) is 0 Å². The lowest BCUT2D eigenvalue weighted by atomic mass is 10.2. The van der Waals surface area contributed by atoms with E-state index in [1.807, 2.05) is 0 Å². The molecule has 1 N–H and O–H groups in total. The normalized spacial score (nSPS) is 9.67. The van der Waals surface area contributed by atoms with Crippen LogP contribution in [0.1, 0.15) is 10.4 Å². The number of carbonyl (C=O) groups is 1. The van der Waals surface area contributed by atoms with Gasteiger partial charge in [0, 0.05) is 18.6 Å². The Bertz CT molecular complexity index is 495. The van der Waals surface area contributed by atoms with Gasteiger partial charge in [-0.1, -0.05) is 0 Å². The standard InChI is InChI=1S/C9H8N2O3.ClH/c1-14-6-2-4-11-5-3-10-8(11)7(6)9(12)13;/h2-5H,1H3,(H,12,13);1H. The van der Waals surface area contributed by atoms with E-state index in [0.717, 1.165) is 0 Å². The SMILES string of the molecule is COc1ccn2ccnc2c1C(=O)O.Cl. The monoisotopic (exact) mass is 228 g/mol. The zero-order valence-corrected chi connectivity index (χ0v) is 8.69. The molecular formula is C9H9ClN2O3. The molecule has 0 unspecified atom stereocenters. The highest BCUT2D eigenvalue weighted by Gasteiger charge is 2.16. The number of carboxylic acid groups (broad SMARTS) is 1. The van der Waals surface area contributed by atoms with Crippen molar-refractivity contribution < 1.29 is 14.6 Å². The first-order chi connectivity index (χ1) is 6.74. The van der Waals surface area contributed by atoms with Gasteiger partial charge in [-0.3, -0.25) is 0 Å². The highest BCUT2D eigenvalue weighted by Crippen LogP contribution is 2.21. The molecule has 5 nitrogen and oxygen atoms in total. The average Bonchev–Trinajstić information content (AvgIpc) is 2.62. The first-order valence-corrected chi connectivity index (χ1v) is 3.97. The summed E-state index contributed by atoms with van der Waals surface area (Å²) in [5.41, 5.74) is 0.469. The van der Waals surface area contributed by atoms with E-state index in [2.05, 4.69) is 4.98 Å². The molecule has 2 aromatic heterocycles. The molecule has 15 heavy (non-hydrogen) atoms. The summed E-state index contributed by atoms with van der Waals surface area (Å²) in [7, 11) is 1.43. The Balaban J connectivity index is 0.00000112. The molecule has 0 aliphatic heterocycles. The second kappa shape index (κ2) is 4.18. The first-order valence-electron chi connectivity index (χ1n) is 3.97. The third kappa shape index (κ3) is 1.73. The first kappa shape index (κ1) is 11.3. The van der Waals surface area contributed by atoms with Gasteiger partial charge in [-0.05, 0) is 6.07 Å². The van der Waals surface area contributed by atoms with Gasteiger partial charge < -0.3 is 14.2 Å². The molecule has 0 aromatic carbocycles. The van der Waals surface area contributed by atoms with Gasteiger partial charge in [-0.25, -0.2) is 9.78 Å². The predicted octanol–water partition coefficient (Wildman–Crippen LogP) is 1.46. The van der Waals surface area contributed by atoms with Gasteiger partial charge in [-0.15, -0.1) is 12.4 Å². The topological polar surface area (TPSA) is 63.8 Å². The highest BCUT2D eigenvalue weighted by molar-refractivity contribution is 5.97. The maximum absolute atomic E-state index is 11.0. The van der Waals surface area contributed by atoms with Crippen molar-refractivity contribution in [3.63, 3.8) is 0 Å². The van der Waals surface area contributed by atoms with Crippen LogP contribution in [0.4, 0.5) is 0 Å². The van der Waals surface area contributed by atoms with Gasteiger partial charge in [-0.2, -0.15) is 0 Å². The lowest BCUT2D eigenvalue weighted by Crippen LogP contribution is -2.03. The summed E-state index contributed by atoms with van der Waals surface area (Å²) in [6.45, 7) is 0. The molecule has 80 valence electrons. The molecule has 0 atom stereocenters. The van der Waals surface area contributed by atoms with Crippen LogP contribution in [0.5, 0.6) is 5.75 Å². The van der Waals surface area contributed by atoms with Crippen LogP contribution in [0.15, 0.2) is 24.7 Å². The predicted molar refractivity (Wildman–Crippen MR) is 56.0 cm³/mol. The molecule has 0 spiro atoms. The Morgan fingerprint density at radius 2 is 2.27 bits per heavy atom. The minimum absolute atomic E-state index is 0. The van der Waals surface area contributed by atoms with E-state index in [-0.39, 0.29) is 18.0 Å². The average molecular weight is 229 g/mol. The Morgan fingerprint density at radius 1 is 1.53 bits per heavy atom. The lowest BCUT2D eigenvalue weighted by Gasteiger charge is -2.05. The van der Waals surface area contributed by atoms with Crippen LogP contribution < -0.4 is 4.74 Å². The molecule has 0 aliphatic carbocycles. The van der Waals surface area contributed by atoms with Crippen molar-refractivity contribution in [2.45, 2.75) is 0 Å². The van der Waals surface area contributed by atoms with Crippen LogP contribution in [-0.2, 0) is 0 Å². The fraction of sp³-hybridized carbons (Fsp3) is 0.111. The second-order valence-electron chi connectivity index (χ2n) is 2.72. The number of imidazole rings is 1. The van der Waals surface area contributed by atoms with Gasteiger partial charge in [0.2, 0.25) is 0 Å². The molecule has 0 amide bonds. The van der Waals surface area contributed by atoms with Crippen LogP contribution in [0, 0.1) is 0 Å². The largest absolute Gasteiger partial charge is 0.496 e. The molecule has 0 saturated heterocycles. The summed E-state index contributed by atoms with van der Waals surface area (Å²) in [5, 5.41) is 8.98. The van der Waals surface area contributed by atoms with Crippen LogP contribution in [0.3, 0.4) is 0 Å². The molecule has 0 bridgehead atoms. The van der Waals surface area contributed by atoms with Gasteiger partial charge >= 0.3 is 5.97 Å². The van der Waals surface area contributed by atoms with Crippen molar-refractivity contribution in [1.82, 2.24) is 9.38 Å². The third-order valence-electron chi connectivity index (χ3n) is 1.96. The van der Waals surface area contributed by atoms with Gasteiger partial charge in [0.15, 0.2) is 5.65 Å². The summed E-state index contributed by atoms with van der Waals surface area (Å²) >= 11 is 0. The quantitative estimate of drug-likeness (QED) is 0.845. The summed E-state index contributed by atoms with van der Waals surface area (Å²) in [4.78, 5) is 14.9. The summed E-state index contributed by atoms with van der Waals surface area (Å²) in [6, 6.07) is 1.60. The van der Waals surface area contributed by atoms with Crippen molar-refractivity contribution in [2.24, 2.45) is 0 Å². The Hall–Kier alpha value is -1.75. The molecule has 0 radical (unpaired) electrons. The second-order valence-corrected chi connectivity index (χ2v) is 2.72. The van der Waals surface area contributed by atoms with E-state index in [1.165, 1.54) is 7.11 Å². The smallest absolute Gasteiger partial charge is 0.343 e. The number of carboxylic acids is 1. The van der Waals surface area contributed by atoms with Crippen molar-refractivity contribution in [3.05, 3.63) is 30.2 Å². The molecular weight excluding hydrogens is 220 g/mol. The van der Waals surface area contributed by atoms with Gasteiger partial charge in [0.1, 0.15) is 11.3 Å². The van der Waals surface area contributed by atoms with E-state index in [4.69, 9.17) is 9.84 Å². The maximum Gasteiger partial charge on any atom is 0.343 e. The highest BCUT2D eigenvalue weighted by atomic mass is 35.5. The number of aromatic carboxylic acids is 1. The number of hydrogen-bond donors (Lipinski definition) is 1. The fourth-order valence-electron chi connectivity index (χ4n) is 1.34. The number of aromatic nitrogens is 2. The number of rotatable bonds is 2. The molecule has 2 heterocycles. The van der Waals surface area contributed by atoms with Crippen molar-refractivity contribution in [3.8, 4) is 5.75 Å². The Labute approximate surface area is 91.7 Å². The van der Waals surface area contributed by atoms with Crippen LogP contribution in [0.25, 0.3) is 5.65 Å². The maximum atomic E-state index is 11.0. The van der Waals surface area contributed by atoms with Crippen molar-refractivity contribution >= 4 is 24.0 Å². The number of fused-ring (bicyclic) bond motifs is 1. The number of ether oxygens (including phenoxy) is 1. The Morgan fingerprint density at radius 3 is 2.87 bits per heavy atom. The zero-order chi connectivity index (χ0) is 10.1. The van der Waals surface area contributed by atoms with E-state index in [1.54, 1.807) is 29.1 Å². The van der Waals surface area contributed by atoms with Crippen LogP contribution in [-0.4, -0.2) is 27.6 Å². The van der Waals surface area contributed by atoms with Crippen LogP contribution >= 0.6 is 12.4 Å². The number of hydrogen-bond acceptors (Lipinski definition) is 3. The molecule has 2 rings (SSSR count). The Kier molecular flexibility index (Phi) is 3.16. The number of nitrogens with zero attached hydrogens (tertiary/aromatic N) is 2. The van der Waals surface area contributed by atoms with Gasteiger partial charge in [0.25, 0.3) is 0 Å². The van der Waals surface area contributed by atoms with E-state index < -0.39 is 5.97 Å². The zero-order valence-electron chi connectivity index (χ0n) is 7.88. The molecule has 2 aromatic rings.